The second-order valence-electron chi connectivity index (χ2n) is 7.34. The summed E-state index contributed by atoms with van der Waals surface area (Å²) in [6.07, 6.45) is 7.01. The zero-order valence-electron chi connectivity index (χ0n) is 17.2. The van der Waals surface area contributed by atoms with Crippen LogP contribution in [0.1, 0.15) is 47.7 Å². The number of aromatic hydroxyl groups is 1. The molecule has 0 spiro atoms. The first-order valence-corrected chi connectivity index (χ1v) is 10.3. The van der Waals surface area contributed by atoms with Crippen LogP contribution >= 0.6 is 0 Å². The van der Waals surface area contributed by atoms with Crippen LogP contribution in [0.15, 0.2) is 42.5 Å². The fourth-order valence-corrected chi connectivity index (χ4v) is 3.79. The van der Waals surface area contributed by atoms with Crippen molar-refractivity contribution in [2.45, 2.75) is 32.7 Å². The molecule has 5 heteroatoms. The Morgan fingerprint density at radius 3 is 2.69 bits per heavy atom. The molecule has 0 atom stereocenters. The van der Waals surface area contributed by atoms with Crippen molar-refractivity contribution in [2.24, 2.45) is 0 Å². The summed E-state index contributed by atoms with van der Waals surface area (Å²) in [5.41, 5.74) is 2.19. The summed E-state index contributed by atoms with van der Waals surface area (Å²) in [7, 11) is 1.59. The van der Waals surface area contributed by atoms with Crippen molar-refractivity contribution in [1.29, 1.82) is 0 Å². The van der Waals surface area contributed by atoms with E-state index in [2.05, 4.69) is 0 Å². The summed E-state index contributed by atoms with van der Waals surface area (Å²) in [6, 6.07) is 10.7. The van der Waals surface area contributed by atoms with Crippen molar-refractivity contribution in [2.75, 3.05) is 26.8 Å². The Morgan fingerprint density at radius 1 is 1.17 bits per heavy atom. The topological polar surface area (TPSA) is 60.2 Å². The van der Waals surface area contributed by atoms with E-state index in [1.807, 2.05) is 31.2 Å². The van der Waals surface area contributed by atoms with Gasteiger partial charge in [0.2, 0.25) is 0 Å². The Bertz CT molecular complexity index is 869. The fourth-order valence-electron chi connectivity index (χ4n) is 3.79. The maximum atomic E-state index is 12.7. The summed E-state index contributed by atoms with van der Waals surface area (Å²) >= 11 is 0. The molecular formula is C24H30NO4+. The largest absolute Gasteiger partial charge is 0.507 e. The average Bonchev–Trinajstić information content (AvgIpc) is 2.74. The minimum atomic E-state index is -0.108. The van der Waals surface area contributed by atoms with Crippen molar-refractivity contribution in [3.8, 4) is 17.2 Å². The molecule has 1 aliphatic heterocycles. The first kappa shape index (κ1) is 20.9. The molecule has 1 fully saturated rings. The van der Waals surface area contributed by atoms with Gasteiger partial charge in [-0.05, 0) is 62.6 Å². The molecule has 1 heterocycles. The minimum absolute atomic E-state index is 0.108. The van der Waals surface area contributed by atoms with Gasteiger partial charge in [0.05, 0.1) is 26.8 Å². The van der Waals surface area contributed by atoms with E-state index in [4.69, 9.17) is 9.47 Å². The maximum Gasteiger partial charge on any atom is 0.185 e. The van der Waals surface area contributed by atoms with Crippen LogP contribution in [0.4, 0.5) is 0 Å². The van der Waals surface area contributed by atoms with E-state index in [1.165, 1.54) is 30.2 Å². The Hall–Kier alpha value is -2.79. The van der Waals surface area contributed by atoms with E-state index in [-0.39, 0.29) is 11.5 Å². The van der Waals surface area contributed by atoms with Crippen LogP contribution in [0.3, 0.4) is 0 Å². The monoisotopic (exact) mass is 396 g/mol. The second kappa shape index (κ2) is 10.1. The van der Waals surface area contributed by atoms with Crippen molar-refractivity contribution in [3.05, 3.63) is 59.2 Å². The predicted octanol–water partition coefficient (Wildman–Crippen LogP) is 3.26. The number of phenols is 1. The predicted molar refractivity (Wildman–Crippen MR) is 114 cm³/mol. The Kier molecular flexibility index (Phi) is 7.30. The third-order valence-electron chi connectivity index (χ3n) is 5.29. The number of carbonyl (C=O) groups is 1. The smallest absolute Gasteiger partial charge is 0.185 e. The molecule has 5 nitrogen and oxygen atoms in total. The highest BCUT2D eigenvalue weighted by Gasteiger charge is 2.17. The van der Waals surface area contributed by atoms with Crippen molar-refractivity contribution in [3.63, 3.8) is 0 Å². The van der Waals surface area contributed by atoms with E-state index < -0.39 is 0 Å². The molecule has 0 radical (unpaired) electrons. The third kappa shape index (κ3) is 5.39. The number of hydrogen-bond donors (Lipinski definition) is 2. The SMILES string of the molecule is CCOc1cccc(/C=C/C(=O)c2ccc(O)c(C[NH+]3CCCCC3)c2)c1OC. The van der Waals surface area contributed by atoms with Crippen LogP contribution in [0.5, 0.6) is 17.2 Å². The van der Waals surface area contributed by atoms with Crippen molar-refractivity contribution >= 4 is 11.9 Å². The van der Waals surface area contributed by atoms with Gasteiger partial charge < -0.3 is 19.5 Å². The van der Waals surface area contributed by atoms with Crippen LogP contribution < -0.4 is 14.4 Å². The summed E-state index contributed by atoms with van der Waals surface area (Å²) in [5.74, 6) is 1.41. The van der Waals surface area contributed by atoms with E-state index >= 15 is 0 Å². The average molecular weight is 397 g/mol. The lowest BCUT2D eigenvalue weighted by molar-refractivity contribution is -0.918. The van der Waals surface area contributed by atoms with Gasteiger partial charge in [0.25, 0.3) is 0 Å². The maximum absolute atomic E-state index is 12.7. The van der Waals surface area contributed by atoms with Gasteiger partial charge in [-0.25, -0.2) is 0 Å². The zero-order chi connectivity index (χ0) is 20.6. The number of piperidine rings is 1. The standard InChI is InChI=1S/C24H29NO4/c1-3-29-23-9-7-8-18(24(23)28-2)10-12-21(26)19-11-13-22(27)20(16-19)17-25-14-5-4-6-15-25/h7-13,16,27H,3-6,14-15,17H2,1-2H3/p+1/b12-10+. The van der Waals surface area contributed by atoms with Crippen LogP contribution in [-0.2, 0) is 6.54 Å². The molecule has 3 rings (SSSR count). The van der Waals surface area contributed by atoms with Crippen LogP contribution in [0, 0.1) is 0 Å². The van der Waals surface area contributed by atoms with E-state index in [1.54, 1.807) is 25.3 Å². The first-order valence-electron chi connectivity index (χ1n) is 10.3. The number of quaternary nitrogens is 1. The fraction of sp³-hybridized carbons (Fsp3) is 0.375. The number of likely N-dealkylation sites (tertiary alicyclic amines) is 1. The quantitative estimate of drug-likeness (QED) is 0.531. The molecule has 1 aliphatic rings. The number of para-hydroxylation sites is 1. The van der Waals surface area contributed by atoms with E-state index in [9.17, 15) is 9.90 Å². The number of carbonyl (C=O) groups excluding carboxylic acids is 1. The van der Waals surface area contributed by atoms with Crippen LogP contribution in [-0.4, -0.2) is 37.7 Å². The molecular weight excluding hydrogens is 366 g/mol. The summed E-state index contributed by atoms with van der Waals surface area (Å²) in [4.78, 5) is 14.2. The highest BCUT2D eigenvalue weighted by atomic mass is 16.5. The number of benzene rings is 2. The molecule has 0 aromatic heterocycles. The van der Waals surface area contributed by atoms with Gasteiger partial charge in [0.1, 0.15) is 12.3 Å². The summed E-state index contributed by atoms with van der Waals surface area (Å²) in [6.45, 7) is 5.44. The minimum Gasteiger partial charge on any atom is -0.507 e. The molecule has 0 bridgehead atoms. The van der Waals surface area contributed by atoms with Gasteiger partial charge in [-0.3, -0.25) is 4.79 Å². The van der Waals surface area contributed by atoms with Gasteiger partial charge >= 0.3 is 0 Å². The molecule has 29 heavy (non-hydrogen) atoms. The highest BCUT2D eigenvalue weighted by molar-refractivity contribution is 6.07. The first-order chi connectivity index (χ1) is 14.1. The lowest BCUT2D eigenvalue weighted by Crippen LogP contribution is -3.11. The zero-order valence-corrected chi connectivity index (χ0v) is 17.2. The second-order valence-corrected chi connectivity index (χ2v) is 7.34. The molecule has 2 aromatic carbocycles. The molecule has 0 saturated carbocycles. The molecule has 0 aliphatic carbocycles. The van der Waals surface area contributed by atoms with Gasteiger partial charge in [-0.2, -0.15) is 0 Å². The third-order valence-corrected chi connectivity index (χ3v) is 5.29. The van der Waals surface area contributed by atoms with Gasteiger partial charge in [0.15, 0.2) is 17.3 Å². The van der Waals surface area contributed by atoms with Gasteiger partial charge in [-0.15, -0.1) is 0 Å². The summed E-state index contributed by atoms with van der Waals surface area (Å²) < 4.78 is 11.1. The van der Waals surface area contributed by atoms with E-state index in [0.29, 0.717) is 23.7 Å². The van der Waals surface area contributed by atoms with E-state index in [0.717, 1.165) is 30.8 Å². The number of ether oxygens (including phenoxy) is 2. The Balaban J connectivity index is 1.77. The molecule has 0 amide bonds. The van der Waals surface area contributed by atoms with Crippen molar-refractivity contribution in [1.82, 2.24) is 0 Å². The number of allylic oxidation sites excluding steroid dienone is 1. The molecule has 1 saturated heterocycles. The molecule has 2 aromatic rings. The van der Waals surface area contributed by atoms with Crippen LogP contribution in [0.2, 0.25) is 0 Å². The number of hydrogen-bond acceptors (Lipinski definition) is 4. The lowest BCUT2D eigenvalue weighted by atomic mass is 10.0. The Morgan fingerprint density at radius 2 is 1.97 bits per heavy atom. The summed E-state index contributed by atoms with van der Waals surface area (Å²) in [5, 5.41) is 10.2. The number of phenolic OH excluding ortho intramolecular Hbond substituents is 1. The molecule has 154 valence electrons. The molecule has 0 unspecified atom stereocenters. The normalized spacial score (nSPS) is 14.8. The lowest BCUT2D eigenvalue weighted by Gasteiger charge is -2.23. The van der Waals surface area contributed by atoms with Crippen molar-refractivity contribution < 1.29 is 24.3 Å². The number of rotatable bonds is 8. The Labute approximate surface area is 172 Å². The van der Waals surface area contributed by atoms with Gasteiger partial charge in [-0.1, -0.05) is 12.1 Å². The van der Waals surface area contributed by atoms with Gasteiger partial charge in [0, 0.05) is 16.7 Å². The number of methoxy groups -OCH3 is 1. The highest BCUT2D eigenvalue weighted by Crippen LogP contribution is 2.32. The number of ketones is 1. The number of nitrogens with one attached hydrogen (secondary N) is 1. The molecule has 2 N–H and O–H groups in total. The van der Waals surface area contributed by atoms with Crippen LogP contribution in [0.25, 0.3) is 6.08 Å².